The summed E-state index contributed by atoms with van der Waals surface area (Å²) in [5, 5.41) is 16.5. The normalized spacial score (nSPS) is 16.1. The molecule has 56 heavy (non-hydrogen) atoms. The van der Waals surface area contributed by atoms with Gasteiger partial charge >= 0.3 is 17.9 Å². The van der Waals surface area contributed by atoms with Gasteiger partial charge in [0, 0.05) is 49.0 Å². The van der Waals surface area contributed by atoms with Gasteiger partial charge in [0.15, 0.2) is 0 Å². The number of esters is 1. The number of aliphatic carboxylic acids is 2. The number of fused-ring (bicyclic) bond motifs is 1. The minimum atomic E-state index is -1.38. The first-order valence-electron chi connectivity index (χ1n) is 20.6. The molecule has 3 rings (SSSR count). The van der Waals surface area contributed by atoms with E-state index in [1.54, 1.807) is 6.92 Å². The first kappa shape index (κ1) is 53.3. The predicted molar refractivity (Wildman–Crippen MR) is 229 cm³/mol. The molecule has 2 aromatic rings. The SMILES string of the molecule is CC(=O)C(=O)O.CC(=O)Oc1c(C)c(C)c2c(c1C)CC[C@@](C)(CCC[C@H](C)CCC[C@H](C)CCCC(C)C)O2.CC(C)Cc1ccc(C(C)C(=O)O)cc1.[Na]. The molecule has 1 radical (unpaired) electrons. The number of Topliss-reactive ketones (excluding diaryl/α,β-unsaturated/α-hetero) is 1. The van der Waals surface area contributed by atoms with Crippen molar-refractivity contribution in [2.75, 3.05) is 0 Å². The summed E-state index contributed by atoms with van der Waals surface area (Å²) in [7, 11) is 0. The molecule has 8 nitrogen and oxygen atoms in total. The number of hydrogen-bond acceptors (Lipinski definition) is 6. The Labute approximate surface area is 361 Å². The summed E-state index contributed by atoms with van der Waals surface area (Å²) in [6.07, 6.45) is 14.9. The second-order valence-corrected chi connectivity index (χ2v) is 17.3. The number of carboxylic acids is 2. The smallest absolute Gasteiger partial charge is 0.371 e. The molecule has 0 bridgehead atoms. The van der Waals surface area contributed by atoms with Gasteiger partial charge in [-0.3, -0.25) is 14.4 Å². The molecule has 4 atom stereocenters. The van der Waals surface area contributed by atoms with Crippen molar-refractivity contribution in [2.24, 2.45) is 23.7 Å². The Balaban J connectivity index is 0.00000113. The number of carboxylic acid groups (broad SMARTS) is 2. The number of carbonyl (C=O) groups excluding carboxylic acids is 2. The van der Waals surface area contributed by atoms with Crippen LogP contribution in [0.4, 0.5) is 0 Å². The van der Waals surface area contributed by atoms with Crippen LogP contribution < -0.4 is 9.47 Å². The predicted octanol–water partition coefficient (Wildman–Crippen LogP) is 11.4. The minimum Gasteiger partial charge on any atom is -0.487 e. The van der Waals surface area contributed by atoms with Crippen molar-refractivity contribution in [2.45, 2.75) is 179 Å². The van der Waals surface area contributed by atoms with E-state index < -0.39 is 23.6 Å². The molecular weight excluding hydrogens is 715 g/mol. The molecule has 9 heteroatoms. The Bertz CT molecular complexity index is 1520. The van der Waals surface area contributed by atoms with Crippen molar-refractivity contribution in [1.82, 2.24) is 0 Å². The van der Waals surface area contributed by atoms with Crippen molar-refractivity contribution in [3.8, 4) is 11.5 Å². The molecule has 1 unspecified atom stereocenters. The number of hydrogen-bond donors (Lipinski definition) is 2. The average molecular weight is 790 g/mol. The van der Waals surface area contributed by atoms with E-state index in [0.29, 0.717) is 5.92 Å². The second kappa shape index (κ2) is 26.3. The summed E-state index contributed by atoms with van der Waals surface area (Å²) in [5.74, 6) is 1.23. The maximum absolute atomic E-state index is 11.6. The molecule has 0 saturated carbocycles. The van der Waals surface area contributed by atoms with Gasteiger partial charge < -0.3 is 19.7 Å². The quantitative estimate of drug-likeness (QED) is 0.0661. The molecule has 1 aliphatic heterocycles. The van der Waals surface area contributed by atoms with E-state index in [4.69, 9.17) is 19.7 Å². The molecule has 1 aliphatic rings. The Morgan fingerprint density at radius 1 is 0.750 bits per heavy atom. The Morgan fingerprint density at radius 2 is 1.25 bits per heavy atom. The third-order valence-corrected chi connectivity index (χ3v) is 10.9. The van der Waals surface area contributed by atoms with Crippen molar-refractivity contribution >= 4 is 53.2 Å². The first-order chi connectivity index (χ1) is 25.6. The van der Waals surface area contributed by atoms with Crippen LogP contribution in [0.5, 0.6) is 11.5 Å². The fourth-order valence-electron chi connectivity index (χ4n) is 7.11. The molecule has 0 fully saturated rings. The van der Waals surface area contributed by atoms with Gasteiger partial charge in [0.1, 0.15) is 17.1 Å². The van der Waals surface area contributed by atoms with Crippen LogP contribution in [-0.2, 0) is 32.0 Å². The average Bonchev–Trinajstić information content (AvgIpc) is 3.09. The van der Waals surface area contributed by atoms with E-state index in [2.05, 4.69) is 62.3 Å². The van der Waals surface area contributed by atoms with Crippen LogP contribution in [-0.4, -0.2) is 69.1 Å². The number of ether oxygens (including phenoxy) is 2. The van der Waals surface area contributed by atoms with Crippen molar-refractivity contribution < 1.29 is 38.9 Å². The minimum absolute atomic E-state index is 0. The van der Waals surface area contributed by atoms with Crippen LogP contribution in [0.3, 0.4) is 0 Å². The zero-order valence-corrected chi connectivity index (χ0v) is 39.5. The van der Waals surface area contributed by atoms with Crippen LogP contribution in [0.15, 0.2) is 24.3 Å². The molecule has 2 N–H and O–H groups in total. The van der Waals surface area contributed by atoms with E-state index >= 15 is 0 Å². The topological polar surface area (TPSA) is 127 Å². The molecule has 0 aliphatic carbocycles. The maximum atomic E-state index is 11.6. The molecular formula is C47H74NaO8. The first-order valence-corrected chi connectivity index (χ1v) is 20.6. The fraction of sp³-hybridized carbons (Fsp3) is 0.660. The van der Waals surface area contributed by atoms with Crippen molar-refractivity contribution in [3.63, 3.8) is 0 Å². The Kier molecular flexibility index (Phi) is 25.1. The van der Waals surface area contributed by atoms with E-state index in [9.17, 15) is 19.2 Å². The Hall–Kier alpha value is -2.68. The van der Waals surface area contributed by atoms with Crippen LogP contribution >= 0.6 is 0 Å². The largest absolute Gasteiger partial charge is 0.487 e. The van der Waals surface area contributed by atoms with Gasteiger partial charge in [0.25, 0.3) is 0 Å². The van der Waals surface area contributed by atoms with Crippen molar-refractivity contribution in [1.29, 1.82) is 0 Å². The van der Waals surface area contributed by atoms with E-state index in [1.807, 2.05) is 31.2 Å². The van der Waals surface area contributed by atoms with Gasteiger partial charge in [-0.05, 0) is 118 Å². The van der Waals surface area contributed by atoms with Crippen LogP contribution in [0.1, 0.15) is 173 Å². The van der Waals surface area contributed by atoms with E-state index in [-0.39, 0.29) is 41.1 Å². The van der Waals surface area contributed by atoms with Crippen molar-refractivity contribution in [3.05, 3.63) is 57.6 Å². The van der Waals surface area contributed by atoms with Gasteiger partial charge in [0.05, 0.1) is 5.92 Å². The van der Waals surface area contributed by atoms with Gasteiger partial charge in [-0.1, -0.05) is 111 Å². The van der Waals surface area contributed by atoms with Gasteiger partial charge in [0.2, 0.25) is 5.78 Å². The summed E-state index contributed by atoms with van der Waals surface area (Å²) >= 11 is 0. The van der Waals surface area contributed by atoms with Gasteiger partial charge in [-0.25, -0.2) is 4.79 Å². The van der Waals surface area contributed by atoms with Crippen LogP contribution in [0.2, 0.25) is 0 Å². The van der Waals surface area contributed by atoms with Gasteiger partial charge in [-0.15, -0.1) is 0 Å². The monoisotopic (exact) mass is 790 g/mol. The third-order valence-electron chi connectivity index (χ3n) is 10.9. The number of rotatable bonds is 18. The van der Waals surface area contributed by atoms with E-state index in [0.717, 1.165) is 84.1 Å². The molecule has 0 saturated heterocycles. The summed E-state index contributed by atoms with van der Waals surface area (Å²) in [5.41, 5.74) is 6.43. The fourth-order valence-corrected chi connectivity index (χ4v) is 7.11. The molecule has 1 heterocycles. The van der Waals surface area contributed by atoms with Gasteiger partial charge in [-0.2, -0.15) is 0 Å². The van der Waals surface area contributed by atoms with E-state index in [1.165, 1.54) is 69.4 Å². The molecule has 311 valence electrons. The summed E-state index contributed by atoms with van der Waals surface area (Å²) in [6, 6.07) is 7.87. The number of ketones is 1. The zero-order valence-electron chi connectivity index (χ0n) is 37.5. The standard InChI is InChI=1S/C31H52O3.C13H18O2.C3H4O3.Na/c1-21(2)13-10-14-22(3)15-11-16-23(4)17-12-19-31(9)20-18-28-26(7)29(33-27(8)32)24(5)25(6)30(28)34-31;1-9(2)8-11-4-6-12(7-5-11)10(3)13(14)15;1-2(4)3(5)6;/h21-23H,10-20H2,1-9H3;4-7,9-10H,8H2,1-3H3,(H,14,15);1H3,(H,5,6);/t22-,23-,31-;;;/m1.../s1. The Morgan fingerprint density at radius 3 is 1.70 bits per heavy atom. The molecule has 0 amide bonds. The molecule has 2 aromatic carbocycles. The summed E-state index contributed by atoms with van der Waals surface area (Å²) in [4.78, 5) is 41.2. The summed E-state index contributed by atoms with van der Waals surface area (Å²) < 4.78 is 12.2. The summed E-state index contributed by atoms with van der Waals surface area (Å²) in [6.45, 7) is 26.5. The molecule has 0 spiro atoms. The maximum Gasteiger partial charge on any atom is 0.371 e. The van der Waals surface area contributed by atoms with Crippen LogP contribution in [0.25, 0.3) is 0 Å². The van der Waals surface area contributed by atoms with Crippen LogP contribution in [0, 0.1) is 44.4 Å². The second-order valence-electron chi connectivity index (χ2n) is 17.3. The third kappa shape index (κ3) is 19.7. The number of carbonyl (C=O) groups is 4. The zero-order chi connectivity index (χ0) is 42.0. The molecule has 0 aromatic heterocycles. The number of benzene rings is 2.